The van der Waals surface area contributed by atoms with Crippen LogP contribution in [0.1, 0.15) is 30.4 Å². The molecule has 2 aromatic carbocycles. The summed E-state index contributed by atoms with van der Waals surface area (Å²) in [6, 6.07) is 13.2. The number of nitrogens with one attached hydrogen (secondary N) is 1. The molecule has 1 heterocycles. The number of amides is 3. The second kappa shape index (κ2) is 9.46. The zero-order valence-corrected chi connectivity index (χ0v) is 20.2. The zero-order valence-electron chi connectivity index (χ0n) is 19.4. The Morgan fingerprint density at radius 2 is 1.69 bits per heavy atom. The smallest absolute Gasteiger partial charge is 0.330 e. The van der Waals surface area contributed by atoms with Gasteiger partial charge >= 0.3 is 5.97 Å². The summed E-state index contributed by atoms with van der Waals surface area (Å²) in [4.78, 5) is 53.6. The van der Waals surface area contributed by atoms with Crippen molar-refractivity contribution in [3.8, 4) is 0 Å². The van der Waals surface area contributed by atoms with Gasteiger partial charge in [0.2, 0.25) is 11.8 Å². The van der Waals surface area contributed by atoms with Gasteiger partial charge in [-0.15, -0.1) is 0 Å². The molecule has 7 nitrogen and oxygen atoms in total. The molecule has 2 aliphatic carbocycles. The van der Waals surface area contributed by atoms with Gasteiger partial charge in [-0.05, 0) is 61.3 Å². The number of esters is 1. The lowest BCUT2D eigenvalue weighted by Gasteiger charge is -2.26. The number of benzene rings is 2. The number of hydrogen-bond acceptors (Lipinski definition) is 5. The van der Waals surface area contributed by atoms with E-state index in [9.17, 15) is 19.2 Å². The molecule has 2 saturated carbocycles. The number of anilines is 1. The van der Waals surface area contributed by atoms with Crippen molar-refractivity contribution in [2.75, 3.05) is 11.9 Å². The van der Waals surface area contributed by atoms with Crippen molar-refractivity contribution in [1.82, 2.24) is 4.90 Å². The van der Waals surface area contributed by atoms with Crippen LogP contribution >= 0.6 is 11.6 Å². The first-order valence-electron chi connectivity index (χ1n) is 12.0. The molecule has 8 heteroatoms. The quantitative estimate of drug-likeness (QED) is 0.467. The molecule has 3 amide bonds. The van der Waals surface area contributed by atoms with E-state index in [1.54, 1.807) is 25.1 Å². The molecule has 5 atom stereocenters. The predicted octanol–water partition coefficient (Wildman–Crippen LogP) is 3.77. The molecule has 3 aliphatic rings. The average molecular weight is 495 g/mol. The van der Waals surface area contributed by atoms with Crippen LogP contribution in [0.25, 0.3) is 0 Å². The number of carbonyl (C=O) groups is 4. The van der Waals surface area contributed by atoms with Gasteiger partial charge in [-0.25, -0.2) is 4.79 Å². The number of imide groups is 1. The van der Waals surface area contributed by atoms with E-state index in [-0.39, 0.29) is 41.9 Å². The molecule has 0 unspecified atom stereocenters. The lowest BCUT2D eigenvalue weighted by Crippen LogP contribution is -2.48. The first-order valence-corrected chi connectivity index (χ1v) is 12.4. The SMILES string of the molecule is Cc1c(Cl)cccc1NC(=O)COC(=O)[C@@H](Cc1ccccc1)N1C(=O)[C@@H]2[C@H]3CC[C@@H](C3)[C@@H]2C1=O. The van der Waals surface area contributed by atoms with E-state index in [1.807, 2.05) is 30.3 Å². The fraction of sp³-hybridized carbons (Fsp3) is 0.407. The van der Waals surface area contributed by atoms with E-state index < -0.39 is 24.5 Å². The van der Waals surface area contributed by atoms with Gasteiger partial charge in [-0.3, -0.25) is 19.3 Å². The summed E-state index contributed by atoms with van der Waals surface area (Å²) < 4.78 is 5.35. The Bertz CT molecular complexity index is 1160. The molecule has 0 aromatic heterocycles. The minimum atomic E-state index is -1.11. The van der Waals surface area contributed by atoms with Gasteiger partial charge in [-0.2, -0.15) is 0 Å². The fourth-order valence-electron chi connectivity index (χ4n) is 6.02. The third-order valence-corrected chi connectivity index (χ3v) is 8.11. The monoisotopic (exact) mass is 494 g/mol. The highest BCUT2D eigenvalue weighted by Crippen LogP contribution is 2.56. The Labute approximate surface area is 208 Å². The van der Waals surface area contributed by atoms with Gasteiger partial charge in [0.1, 0.15) is 6.04 Å². The van der Waals surface area contributed by atoms with E-state index in [4.69, 9.17) is 16.3 Å². The van der Waals surface area contributed by atoms with E-state index in [0.29, 0.717) is 16.3 Å². The number of rotatable bonds is 7. The molecule has 1 aliphatic heterocycles. The highest BCUT2D eigenvalue weighted by atomic mass is 35.5. The molecule has 0 spiro atoms. The highest BCUT2D eigenvalue weighted by Gasteiger charge is 2.62. The summed E-state index contributed by atoms with van der Waals surface area (Å²) in [5.41, 5.74) is 2.02. The maximum Gasteiger partial charge on any atom is 0.330 e. The van der Waals surface area contributed by atoms with Crippen molar-refractivity contribution in [3.63, 3.8) is 0 Å². The highest BCUT2D eigenvalue weighted by molar-refractivity contribution is 6.31. The lowest BCUT2D eigenvalue weighted by atomic mass is 9.81. The van der Waals surface area contributed by atoms with Crippen molar-refractivity contribution in [2.45, 2.75) is 38.6 Å². The van der Waals surface area contributed by atoms with Gasteiger partial charge in [-0.1, -0.05) is 48.0 Å². The van der Waals surface area contributed by atoms with Gasteiger partial charge in [0, 0.05) is 17.1 Å². The maximum absolute atomic E-state index is 13.4. The van der Waals surface area contributed by atoms with Crippen LogP contribution in [0.5, 0.6) is 0 Å². The normalized spacial score (nSPS) is 25.5. The van der Waals surface area contributed by atoms with Crippen LogP contribution in [0.2, 0.25) is 5.02 Å². The van der Waals surface area contributed by atoms with Crippen LogP contribution in [-0.2, 0) is 30.3 Å². The van der Waals surface area contributed by atoms with E-state index in [1.165, 1.54) is 0 Å². The van der Waals surface area contributed by atoms with Crippen molar-refractivity contribution in [1.29, 1.82) is 0 Å². The topological polar surface area (TPSA) is 92.8 Å². The lowest BCUT2D eigenvalue weighted by molar-refractivity contribution is -0.160. The zero-order chi connectivity index (χ0) is 24.7. The molecule has 0 radical (unpaired) electrons. The first-order chi connectivity index (χ1) is 16.8. The Morgan fingerprint density at radius 1 is 1.03 bits per heavy atom. The van der Waals surface area contributed by atoms with Gasteiger partial charge in [0.05, 0.1) is 11.8 Å². The molecular weight excluding hydrogens is 468 g/mol. The molecular formula is C27H27ClN2O5. The number of halogens is 1. The maximum atomic E-state index is 13.4. The molecule has 182 valence electrons. The number of carbonyl (C=O) groups excluding carboxylic acids is 4. The molecule has 5 rings (SSSR count). The fourth-order valence-corrected chi connectivity index (χ4v) is 6.19. The Morgan fingerprint density at radius 3 is 2.34 bits per heavy atom. The van der Waals surface area contributed by atoms with Crippen LogP contribution in [0.4, 0.5) is 5.69 Å². The third kappa shape index (κ3) is 4.33. The van der Waals surface area contributed by atoms with Crippen LogP contribution < -0.4 is 5.32 Å². The van der Waals surface area contributed by atoms with Gasteiger partial charge < -0.3 is 10.1 Å². The summed E-state index contributed by atoms with van der Waals surface area (Å²) in [5.74, 6) is -2.08. The third-order valence-electron chi connectivity index (χ3n) is 7.70. The number of nitrogens with zero attached hydrogens (tertiary/aromatic N) is 1. The van der Waals surface area contributed by atoms with Crippen molar-refractivity contribution < 1.29 is 23.9 Å². The molecule has 2 aromatic rings. The van der Waals surface area contributed by atoms with Crippen LogP contribution in [0, 0.1) is 30.6 Å². The van der Waals surface area contributed by atoms with Crippen LogP contribution in [-0.4, -0.2) is 41.2 Å². The van der Waals surface area contributed by atoms with Crippen LogP contribution in [0.3, 0.4) is 0 Å². The molecule has 1 N–H and O–H groups in total. The Balaban J connectivity index is 1.32. The van der Waals surface area contributed by atoms with Crippen molar-refractivity contribution >= 4 is 41.0 Å². The van der Waals surface area contributed by atoms with Gasteiger partial charge in [0.25, 0.3) is 5.91 Å². The number of hydrogen-bond donors (Lipinski definition) is 1. The average Bonchev–Trinajstić information content (AvgIpc) is 3.53. The van der Waals surface area contributed by atoms with Crippen molar-refractivity contribution in [2.24, 2.45) is 23.7 Å². The van der Waals surface area contributed by atoms with Crippen LogP contribution in [0.15, 0.2) is 48.5 Å². The van der Waals surface area contributed by atoms with Gasteiger partial charge in [0.15, 0.2) is 6.61 Å². The number of fused-ring (bicyclic) bond motifs is 5. The van der Waals surface area contributed by atoms with E-state index in [2.05, 4.69) is 5.32 Å². The summed E-state index contributed by atoms with van der Waals surface area (Å²) in [7, 11) is 0. The number of ether oxygens (including phenoxy) is 1. The Hall–Kier alpha value is -3.19. The minimum absolute atomic E-state index is 0.140. The summed E-state index contributed by atoms with van der Waals surface area (Å²) in [5, 5.41) is 3.19. The summed E-state index contributed by atoms with van der Waals surface area (Å²) in [6.07, 6.45) is 2.96. The minimum Gasteiger partial charge on any atom is -0.454 e. The van der Waals surface area contributed by atoms with Crippen molar-refractivity contribution in [3.05, 3.63) is 64.7 Å². The largest absolute Gasteiger partial charge is 0.454 e. The Kier molecular flexibility index (Phi) is 6.36. The summed E-state index contributed by atoms with van der Waals surface area (Å²) >= 11 is 6.10. The standard InChI is InChI=1S/C27H27ClN2O5/c1-15-19(28)8-5-9-20(15)29-22(31)14-35-27(34)21(12-16-6-3-2-4-7-16)30-25(32)23-17-10-11-18(13-17)24(23)26(30)33/h2-9,17-18,21,23-24H,10-14H2,1H3,(H,29,31)/t17-,18-,21+,23-,24+/m0/s1. The predicted molar refractivity (Wildman–Crippen MR) is 129 cm³/mol. The van der Waals surface area contributed by atoms with E-state index in [0.717, 1.165) is 29.7 Å². The summed E-state index contributed by atoms with van der Waals surface area (Å²) in [6.45, 7) is 1.23. The molecule has 35 heavy (non-hydrogen) atoms. The van der Waals surface area contributed by atoms with E-state index >= 15 is 0 Å². The number of likely N-dealkylation sites (tertiary alicyclic amines) is 1. The second-order valence-corrected chi connectivity index (χ2v) is 10.1. The molecule has 1 saturated heterocycles. The first kappa shape index (κ1) is 23.5. The molecule has 2 bridgehead atoms. The molecule has 3 fully saturated rings. The second-order valence-electron chi connectivity index (χ2n) is 9.71.